The molecule has 2 aromatic carbocycles. The molecule has 0 N–H and O–H groups in total. The van der Waals surface area contributed by atoms with Crippen molar-refractivity contribution in [2.24, 2.45) is 0 Å². The predicted molar refractivity (Wildman–Crippen MR) is 97.8 cm³/mol. The van der Waals surface area contributed by atoms with Crippen molar-refractivity contribution in [1.82, 2.24) is 4.90 Å². The highest BCUT2D eigenvalue weighted by molar-refractivity contribution is 6.32. The fourth-order valence-corrected chi connectivity index (χ4v) is 3.47. The molecule has 6 heteroatoms. The van der Waals surface area contributed by atoms with Gasteiger partial charge in [0.2, 0.25) is 5.91 Å². The number of allylic oxidation sites excluding steroid dienone is 1. The van der Waals surface area contributed by atoms with Crippen LogP contribution in [0.4, 0.5) is 8.78 Å². The number of ether oxygens (including phenoxy) is 1. The fourth-order valence-electron chi connectivity index (χ4n) is 3.24. The monoisotopic (exact) mass is 377 g/mol. The maximum atomic E-state index is 14.5. The third-order valence-corrected chi connectivity index (χ3v) is 4.79. The number of nitrogens with zero attached hydrogens (tertiary/aromatic N) is 1. The molecule has 3 nitrogen and oxygen atoms in total. The highest BCUT2D eigenvalue weighted by Crippen LogP contribution is 2.41. The van der Waals surface area contributed by atoms with Crippen molar-refractivity contribution in [3.63, 3.8) is 0 Å². The van der Waals surface area contributed by atoms with Gasteiger partial charge < -0.3 is 9.64 Å². The number of hydrogen-bond acceptors (Lipinski definition) is 2. The summed E-state index contributed by atoms with van der Waals surface area (Å²) in [7, 11) is 1.53. The summed E-state index contributed by atoms with van der Waals surface area (Å²) in [6, 6.07) is 8.77. The van der Waals surface area contributed by atoms with E-state index in [2.05, 4.69) is 0 Å². The summed E-state index contributed by atoms with van der Waals surface area (Å²) in [6.45, 7) is 2.07. The van der Waals surface area contributed by atoms with Crippen LogP contribution >= 0.6 is 11.6 Å². The zero-order valence-electron chi connectivity index (χ0n) is 14.5. The summed E-state index contributed by atoms with van der Waals surface area (Å²) in [5.41, 5.74) is 1.25. The largest absolute Gasteiger partial charge is 0.497 e. The molecule has 0 radical (unpaired) electrons. The van der Waals surface area contributed by atoms with Gasteiger partial charge in [0.1, 0.15) is 17.4 Å². The van der Waals surface area contributed by atoms with E-state index in [0.29, 0.717) is 34.9 Å². The standard InChI is InChI=1S/C20H18ClF2NO2/c1-3-24-18(25)10-8-13(14-11-12(26-2)7-9-15(14)21)20(24)19-16(22)5-4-6-17(19)23/h4-7,9,11H,3,8,10H2,1-2H3. The number of benzene rings is 2. The van der Waals surface area contributed by atoms with Gasteiger partial charge in [0.05, 0.1) is 18.4 Å². The Bertz CT molecular complexity index is 875. The molecule has 1 aliphatic rings. The first-order valence-corrected chi connectivity index (χ1v) is 8.67. The Morgan fingerprint density at radius 3 is 2.46 bits per heavy atom. The summed E-state index contributed by atoms with van der Waals surface area (Å²) in [4.78, 5) is 13.8. The first-order valence-electron chi connectivity index (χ1n) is 8.29. The molecule has 0 aromatic heterocycles. The average molecular weight is 378 g/mol. The number of carbonyl (C=O) groups excluding carboxylic acids is 1. The Morgan fingerprint density at radius 2 is 1.85 bits per heavy atom. The molecule has 136 valence electrons. The lowest BCUT2D eigenvalue weighted by Gasteiger charge is -2.32. The highest BCUT2D eigenvalue weighted by Gasteiger charge is 2.31. The van der Waals surface area contributed by atoms with Crippen LogP contribution in [0.2, 0.25) is 5.02 Å². The number of hydrogen-bond donors (Lipinski definition) is 0. The minimum Gasteiger partial charge on any atom is -0.497 e. The Balaban J connectivity index is 2.35. The number of rotatable bonds is 4. The van der Waals surface area contributed by atoms with Crippen molar-refractivity contribution >= 4 is 28.8 Å². The van der Waals surface area contributed by atoms with Crippen molar-refractivity contribution in [3.8, 4) is 5.75 Å². The quantitative estimate of drug-likeness (QED) is 0.738. The van der Waals surface area contributed by atoms with Gasteiger partial charge in [0.25, 0.3) is 0 Å². The molecular formula is C20H18ClF2NO2. The molecule has 3 rings (SSSR count). The zero-order valence-corrected chi connectivity index (χ0v) is 15.2. The van der Waals surface area contributed by atoms with Gasteiger partial charge in [-0.25, -0.2) is 8.78 Å². The molecule has 1 aliphatic heterocycles. The second-order valence-corrected chi connectivity index (χ2v) is 6.31. The summed E-state index contributed by atoms with van der Waals surface area (Å²) >= 11 is 6.37. The van der Waals surface area contributed by atoms with Crippen molar-refractivity contribution in [1.29, 1.82) is 0 Å². The molecular weight excluding hydrogens is 360 g/mol. The third kappa shape index (κ3) is 3.19. The van der Waals surface area contributed by atoms with Gasteiger partial charge in [-0.2, -0.15) is 0 Å². The molecule has 1 amide bonds. The lowest BCUT2D eigenvalue weighted by atomic mass is 9.90. The number of methoxy groups -OCH3 is 1. The Morgan fingerprint density at radius 1 is 1.15 bits per heavy atom. The average Bonchev–Trinajstić information content (AvgIpc) is 2.62. The molecule has 0 unspecified atom stereocenters. The highest BCUT2D eigenvalue weighted by atomic mass is 35.5. The van der Waals surface area contributed by atoms with E-state index < -0.39 is 11.6 Å². The molecule has 0 saturated heterocycles. The van der Waals surface area contributed by atoms with Crippen molar-refractivity contribution < 1.29 is 18.3 Å². The van der Waals surface area contributed by atoms with Gasteiger partial charge in [-0.05, 0) is 49.2 Å². The Labute approximate surface area is 155 Å². The van der Waals surface area contributed by atoms with E-state index in [1.807, 2.05) is 0 Å². The molecule has 0 spiro atoms. The normalized spacial score (nSPS) is 14.8. The van der Waals surface area contributed by atoms with E-state index >= 15 is 0 Å². The number of amides is 1. The Hall–Kier alpha value is -2.40. The van der Waals surface area contributed by atoms with Gasteiger partial charge in [-0.3, -0.25) is 4.79 Å². The number of halogens is 3. The fraction of sp³-hybridized carbons (Fsp3) is 0.250. The van der Waals surface area contributed by atoms with Crippen molar-refractivity contribution in [2.75, 3.05) is 13.7 Å². The van der Waals surface area contributed by atoms with E-state index in [9.17, 15) is 13.6 Å². The van der Waals surface area contributed by atoms with Crippen LogP contribution in [0.25, 0.3) is 11.3 Å². The van der Waals surface area contributed by atoms with Crippen molar-refractivity contribution in [2.45, 2.75) is 19.8 Å². The van der Waals surface area contributed by atoms with E-state index in [0.717, 1.165) is 0 Å². The molecule has 2 aromatic rings. The topological polar surface area (TPSA) is 29.5 Å². The van der Waals surface area contributed by atoms with Crippen LogP contribution in [0.3, 0.4) is 0 Å². The second-order valence-electron chi connectivity index (χ2n) is 5.91. The first kappa shape index (κ1) is 18.4. The van der Waals surface area contributed by atoms with Crippen LogP contribution in [-0.2, 0) is 4.79 Å². The molecule has 0 saturated carbocycles. The van der Waals surface area contributed by atoms with Gasteiger partial charge >= 0.3 is 0 Å². The maximum absolute atomic E-state index is 14.5. The van der Waals surface area contributed by atoms with Crippen LogP contribution in [0, 0.1) is 11.6 Å². The molecule has 1 heterocycles. The lowest BCUT2D eigenvalue weighted by molar-refractivity contribution is -0.128. The van der Waals surface area contributed by atoms with E-state index in [1.54, 1.807) is 25.1 Å². The van der Waals surface area contributed by atoms with E-state index in [-0.39, 0.29) is 23.6 Å². The van der Waals surface area contributed by atoms with Crippen LogP contribution in [0.1, 0.15) is 30.9 Å². The summed E-state index contributed by atoms with van der Waals surface area (Å²) in [6.07, 6.45) is 0.585. The number of carbonyl (C=O) groups is 1. The van der Waals surface area contributed by atoms with Gasteiger partial charge in [-0.1, -0.05) is 17.7 Å². The third-order valence-electron chi connectivity index (χ3n) is 4.46. The second kappa shape index (κ2) is 7.46. The summed E-state index contributed by atoms with van der Waals surface area (Å²) in [5.74, 6) is -1.03. The van der Waals surface area contributed by atoms with Crippen molar-refractivity contribution in [3.05, 3.63) is 64.2 Å². The Kier molecular flexibility index (Phi) is 5.28. The first-order chi connectivity index (χ1) is 12.5. The van der Waals surface area contributed by atoms with Gasteiger partial charge in [0, 0.05) is 23.6 Å². The zero-order chi connectivity index (χ0) is 18.8. The SMILES string of the molecule is CCN1C(=O)CCC(c2cc(OC)ccc2Cl)=C1c1c(F)cccc1F. The van der Waals surface area contributed by atoms with Crippen LogP contribution in [-0.4, -0.2) is 24.5 Å². The van der Waals surface area contributed by atoms with Gasteiger partial charge in [-0.15, -0.1) is 0 Å². The van der Waals surface area contributed by atoms with Gasteiger partial charge in [0.15, 0.2) is 0 Å². The predicted octanol–water partition coefficient (Wildman–Crippen LogP) is 5.14. The smallest absolute Gasteiger partial charge is 0.227 e. The summed E-state index contributed by atoms with van der Waals surface area (Å²) in [5, 5.41) is 0.431. The van der Waals surface area contributed by atoms with Crippen LogP contribution in [0.5, 0.6) is 5.75 Å². The summed E-state index contributed by atoms with van der Waals surface area (Å²) < 4.78 is 34.3. The minimum absolute atomic E-state index is 0.173. The van der Waals surface area contributed by atoms with Crippen LogP contribution < -0.4 is 4.74 Å². The molecule has 0 aliphatic carbocycles. The molecule has 0 fully saturated rings. The molecule has 0 atom stereocenters. The van der Waals surface area contributed by atoms with E-state index in [1.165, 1.54) is 30.2 Å². The van der Waals surface area contributed by atoms with Crippen LogP contribution in [0.15, 0.2) is 36.4 Å². The van der Waals surface area contributed by atoms with E-state index in [4.69, 9.17) is 16.3 Å². The minimum atomic E-state index is -0.718. The molecule has 0 bridgehead atoms. The molecule has 26 heavy (non-hydrogen) atoms. The lowest BCUT2D eigenvalue weighted by Crippen LogP contribution is -2.33. The maximum Gasteiger partial charge on any atom is 0.227 e.